The summed E-state index contributed by atoms with van der Waals surface area (Å²) in [5.41, 5.74) is 3.46. The summed E-state index contributed by atoms with van der Waals surface area (Å²) in [6.07, 6.45) is 0. The summed E-state index contributed by atoms with van der Waals surface area (Å²) in [5.74, 6) is 0.287. The second-order valence-electron chi connectivity index (χ2n) is 4.78. The first-order valence-electron chi connectivity index (χ1n) is 5.82. The molecule has 0 atom stereocenters. The molecular weight excluding hydrogens is 271 g/mol. The van der Waals surface area contributed by atoms with Crippen LogP contribution in [0.3, 0.4) is 0 Å². The van der Waals surface area contributed by atoms with Crippen molar-refractivity contribution in [2.75, 3.05) is 0 Å². The van der Waals surface area contributed by atoms with E-state index in [1.54, 1.807) is 12.1 Å². The molecule has 2 rings (SSSR count). The molecular formula is C14H17NaO3S. The van der Waals surface area contributed by atoms with Gasteiger partial charge in [0.2, 0.25) is 0 Å². The predicted molar refractivity (Wildman–Crippen MR) is 78.9 cm³/mol. The average Bonchev–Trinajstić information content (AvgIpc) is 2.47. The van der Waals surface area contributed by atoms with Gasteiger partial charge in [0.05, 0.1) is 0 Å². The van der Waals surface area contributed by atoms with Crippen LogP contribution in [0.4, 0.5) is 0 Å². The molecule has 0 saturated carbocycles. The van der Waals surface area contributed by atoms with Crippen molar-refractivity contribution >= 4 is 39.7 Å². The van der Waals surface area contributed by atoms with Gasteiger partial charge in [-0.3, -0.25) is 4.55 Å². The topological polar surface area (TPSA) is 54.4 Å². The third-order valence-electron chi connectivity index (χ3n) is 3.12. The van der Waals surface area contributed by atoms with Crippen molar-refractivity contribution in [2.24, 2.45) is 0 Å². The Balaban J connectivity index is 0.00000180. The van der Waals surface area contributed by atoms with Crippen LogP contribution in [-0.4, -0.2) is 42.5 Å². The molecule has 19 heavy (non-hydrogen) atoms. The zero-order chi connectivity index (χ0) is 13.5. The summed E-state index contributed by atoms with van der Waals surface area (Å²) < 4.78 is 32.1. The van der Waals surface area contributed by atoms with E-state index in [-0.39, 0.29) is 40.4 Å². The minimum absolute atomic E-state index is 0. The van der Waals surface area contributed by atoms with E-state index in [1.165, 1.54) is 6.07 Å². The number of aryl methyl sites for hydroxylation is 1. The van der Waals surface area contributed by atoms with Crippen molar-refractivity contribution in [3.63, 3.8) is 0 Å². The van der Waals surface area contributed by atoms with Crippen molar-refractivity contribution in [1.29, 1.82) is 0 Å². The molecule has 0 unspecified atom stereocenters. The fourth-order valence-corrected chi connectivity index (χ4v) is 3.09. The Morgan fingerprint density at radius 1 is 1.16 bits per heavy atom. The quantitative estimate of drug-likeness (QED) is 0.683. The average molecular weight is 288 g/mol. The van der Waals surface area contributed by atoms with Gasteiger partial charge in [-0.15, -0.1) is 0 Å². The van der Waals surface area contributed by atoms with E-state index >= 15 is 0 Å². The first-order chi connectivity index (χ1) is 8.32. The Hall–Kier alpha value is -0.390. The zero-order valence-electron chi connectivity index (χ0n) is 10.6. The van der Waals surface area contributed by atoms with Crippen molar-refractivity contribution in [2.45, 2.75) is 31.6 Å². The normalized spacial score (nSPS) is 11.6. The van der Waals surface area contributed by atoms with E-state index in [0.29, 0.717) is 5.56 Å². The van der Waals surface area contributed by atoms with Gasteiger partial charge in [-0.1, -0.05) is 38.1 Å². The first-order valence-corrected chi connectivity index (χ1v) is 7.26. The molecule has 0 spiro atoms. The van der Waals surface area contributed by atoms with Crippen LogP contribution in [0.5, 0.6) is 0 Å². The van der Waals surface area contributed by atoms with Crippen LogP contribution in [0.1, 0.15) is 30.9 Å². The Bertz CT molecular complexity index is 663. The maximum atomic E-state index is 11.4. The molecule has 0 amide bonds. The third kappa shape index (κ3) is 3.20. The van der Waals surface area contributed by atoms with Gasteiger partial charge in [0.25, 0.3) is 10.1 Å². The second-order valence-corrected chi connectivity index (χ2v) is 6.17. The molecule has 0 radical (unpaired) electrons. The van der Waals surface area contributed by atoms with Crippen molar-refractivity contribution in [3.8, 4) is 11.1 Å². The Labute approximate surface area is 136 Å². The van der Waals surface area contributed by atoms with E-state index in [4.69, 9.17) is 0 Å². The van der Waals surface area contributed by atoms with Crippen molar-refractivity contribution in [1.82, 2.24) is 0 Å². The first kappa shape index (κ1) is 16.7. The number of hydrogen-bond acceptors (Lipinski definition) is 2. The standard InChI is InChI=1S/C14H16O3S.Na.H/c1-9(2)11-6-4-5-7-12-13(18(15,16)17)8-10(3)14(11)12;;/h4-9H,1-3H3,(H,15,16,17);;. The van der Waals surface area contributed by atoms with E-state index in [9.17, 15) is 13.0 Å². The van der Waals surface area contributed by atoms with E-state index in [1.807, 2.05) is 19.1 Å². The number of hydrogen-bond donors (Lipinski definition) is 1. The van der Waals surface area contributed by atoms with Gasteiger partial charge in [0.1, 0.15) is 4.90 Å². The Kier molecular flexibility index (Phi) is 5.21. The summed E-state index contributed by atoms with van der Waals surface area (Å²) in [7, 11) is -4.18. The molecule has 0 aliphatic heterocycles. The summed E-state index contributed by atoms with van der Waals surface area (Å²) in [6, 6.07) is 8.95. The molecule has 0 aromatic carbocycles. The fraction of sp³-hybridized carbons (Fsp3) is 0.286. The van der Waals surface area contributed by atoms with Crippen molar-refractivity contribution < 1.29 is 13.0 Å². The summed E-state index contributed by atoms with van der Waals surface area (Å²) in [4.78, 5) is -0.00639. The predicted octanol–water partition coefficient (Wildman–Crippen LogP) is 2.82. The second kappa shape index (κ2) is 5.94. The number of fused-ring (bicyclic) bond motifs is 1. The monoisotopic (exact) mass is 288 g/mol. The molecule has 0 aromatic rings. The molecule has 1 N–H and O–H groups in total. The van der Waals surface area contributed by atoms with Gasteiger partial charge >= 0.3 is 29.6 Å². The van der Waals surface area contributed by atoms with Gasteiger partial charge < -0.3 is 0 Å². The van der Waals surface area contributed by atoms with E-state index in [0.717, 1.165) is 16.7 Å². The minimum atomic E-state index is -4.18. The summed E-state index contributed by atoms with van der Waals surface area (Å²) in [5, 5.41) is 0. The van der Waals surface area contributed by atoms with E-state index in [2.05, 4.69) is 13.8 Å². The van der Waals surface area contributed by atoms with Gasteiger partial charge in [-0.2, -0.15) is 8.42 Å². The van der Waals surface area contributed by atoms with Gasteiger partial charge in [0.15, 0.2) is 0 Å². The summed E-state index contributed by atoms with van der Waals surface area (Å²) in [6.45, 7) is 5.99. The van der Waals surface area contributed by atoms with Crippen LogP contribution in [0, 0.1) is 6.92 Å². The SMILES string of the molecule is Cc1cc(S(=O)(=O)O)c2ccccc(C(C)C)c1-2.[NaH]. The van der Waals surface area contributed by atoms with Crippen LogP contribution in [0.25, 0.3) is 11.1 Å². The fourth-order valence-electron chi connectivity index (χ4n) is 2.32. The molecule has 2 aliphatic carbocycles. The van der Waals surface area contributed by atoms with Gasteiger partial charge in [-0.25, -0.2) is 0 Å². The number of rotatable bonds is 2. The molecule has 98 valence electrons. The zero-order valence-corrected chi connectivity index (χ0v) is 11.5. The van der Waals surface area contributed by atoms with Gasteiger partial charge in [0, 0.05) is 5.56 Å². The molecule has 0 saturated heterocycles. The summed E-state index contributed by atoms with van der Waals surface area (Å²) >= 11 is 0. The molecule has 0 heterocycles. The van der Waals surface area contributed by atoms with Crippen LogP contribution in [0.2, 0.25) is 0 Å². The molecule has 5 heteroatoms. The molecule has 0 bridgehead atoms. The third-order valence-corrected chi connectivity index (χ3v) is 4.01. The molecule has 0 fully saturated rings. The Morgan fingerprint density at radius 2 is 1.74 bits per heavy atom. The van der Waals surface area contributed by atoms with Crippen LogP contribution >= 0.6 is 0 Å². The molecule has 3 nitrogen and oxygen atoms in total. The van der Waals surface area contributed by atoms with Crippen LogP contribution in [0.15, 0.2) is 35.2 Å². The van der Waals surface area contributed by atoms with Crippen LogP contribution < -0.4 is 0 Å². The Morgan fingerprint density at radius 3 is 2.26 bits per heavy atom. The van der Waals surface area contributed by atoms with Crippen molar-refractivity contribution in [3.05, 3.63) is 41.5 Å². The maximum absolute atomic E-state index is 11.4. The van der Waals surface area contributed by atoms with E-state index < -0.39 is 10.1 Å². The molecule has 2 aliphatic rings. The molecule has 0 aromatic heterocycles. The van der Waals surface area contributed by atoms with Gasteiger partial charge in [-0.05, 0) is 35.6 Å². The van der Waals surface area contributed by atoms with Crippen LogP contribution in [-0.2, 0) is 10.1 Å².